The highest BCUT2D eigenvalue weighted by Gasteiger charge is 2.13. The molecule has 2 N–H and O–H groups in total. The molecule has 0 fully saturated rings. The number of thiophene rings is 1. The van der Waals surface area contributed by atoms with E-state index in [9.17, 15) is 4.39 Å². The van der Waals surface area contributed by atoms with Crippen LogP contribution in [0.3, 0.4) is 0 Å². The number of hydrogen-bond donors (Lipinski definition) is 1. The smallest absolute Gasteiger partial charge is 0.167 e. The Morgan fingerprint density at radius 2 is 2.20 bits per heavy atom. The molecule has 0 saturated carbocycles. The molecule has 2 aromatic rings. The minimum absolute atomic E-state index is 0.258. The minimum Gasteiger partial charge on any atom is -0.490 e. The Kier molecular flexibility index (Phi) is 4.84. The standard InChI is InChI=1S/C15H19FN2OS/c1-3-6-19-15-9-14(13(17)8-12(15)16)18(2)10-11-5-4-7-20-11/h4-5,7-9H,3,6,10,17H2,1-2H3. The van der Waals surface area contributed by atoms with E-state index in [4.69, 9.17) is 10.5 Å². The van der Waals surface area contributed by atoms with E-state index in [2.05, 4.69) is 6.07 Å². The van der Waals surface area contributed by atoms with Crippen molar-refractivity contribution in [2.45, 2.75) is 19.9 Å². The molecular formula is C15H19FN2OS. The van der Waals surface area contributed by atoms with Gasteiger partial charge in [0, 0.05) is 24.1 Å². The van der Waals surface area contributed by atoms with E-state index in [1.807, 2.05) is 30.3 Å². The second-order valence-electron chi connectivity index (χ2n) is 4.63. The van der Waals surface area contributed by atoms with Crippen LogP contribution in [0, 0.1) is 5.82 Å². The molecule has 0 bridgehead atoms. The highest BCUT2D eigenvalue weighted by atomic mass is 32.1. The summed E-state index contributed by atoms with van der Waals surface area (Å²) >= 11 is 1.69. The number of anilines is 2. The summed E-state index contributed by atoms with van der Waals surface area (Å²) in [5, 5.41) is 2.03. The number of nitrogens with zero attached hydrogens (tertiary/aromatic N) is 1. The van der Waals surface area contributed by atoms with Crippen LogP contribution in [0.2, 0.25) is 0 Å². The summed E-state index contributed by atoms with van der Waals surface area (Å²) in [4.78, 5) is 3.23. The average molecular weight is 294 g/mol. The fraction of sp³-hybridized carbons (Fsp3) is 0.333. The first-order valence-electron chi connectivity index (χ1n) is 6.57. The first kappa shape index (κ1) is 14.7. The summed E-state index contributed by atoms with van der Waals surface area (Å²) < 4.78 is 19.2. The van der Waals surface area contributed by atoms with E-state index in [1.54, 1.807) is 17.4 Å². The molecule has 0 aliphatic carbocycles. The van der Waals surface area contributed by atoms with Crippen LogP contribution in [0.5, 0.6) is 5.75 Å². The van der Waals surface area contributed by atoms with Gasteiger partial charge in [0.2, 0.25) is 0 Å². The molecule has 108 valence electrons. The van der Waals surface area contributed by atoms with Gasteiger partial charge >= 0.3 is 0 Å². The molecule has 2 rings (SSSR count). The Morgan fingerprint density at radius 3 is 2.85 bits per heavy atom. The van der Waals surface area contributed by atoms with Crippen LogP contribution in [-0.2, 0) is 6.54 Å². The van der Waals surface area contributed by atoms with Gasteiger partial charge in [-0.1, -0.05) is 13.0 Å². The molecule has 0 radical (unpaired) electrons. The van der Waals surface area contributed by atoms with Crippen molar-refractivity contribution in [3.63, 3.8) is 0 Å². The van der Waals surface area contributed by atoms with Crippen LogP contribution < -0.4 is 15.4 Å². The van der Waals surface area contributed by atoms with Gasteiger partial charge in [-0.2, -0.15) is 0 Å². The van der Waals surface area contributed by atoms with Crippen molar-refractivity contribution < 1.29 is 9.13 Å². The average Bonchev–Trinajstić information content (AvgIpc) is 2.90. The lowest BCUT2D eigenvalue weighted by atomic mass is 10.2. The molecule has 0 atom stereocenters. The Morgan fingerprint density at radius 1 is 1.40 bits per heavy atom. The molecule has 0 saturated heterocycles. The molecule has 1 heterocycles. The number of benzene rings is 1. The van der Waals surface area contributed by atoms with Crippen LogP contribution >= 0.6 is 11.3 Å². The van der Waals surface area contributed by atoms with Gasteiger partial charge in [-0.15, -0.1) is 11.3 Å². The third-order valence-electron chi connectivity index (χ3n) is 2.93. The van der Waals surface area contributed by atoms with Crippen molar-refractivity contribution in [3.05, 3.63) is 40.3 Å². The van der Waals surface area contributed by atoms with E-state index >= 15 is 0 Å². The number of rotatable bonds is 6. The maximum absolute atomic E-state index is 13.8. The van der Waals surface area contributed by atoms with E-state index in [0.29, 0.717) is 12.3 Å². The van der Waals surface area contributed by atoms with Gasteiger partial charge in [-0.25, -0.2) is 4.39 Å². The van der Waals surface area contributed by atoms with Crippen molar-refractivity contribution in [2.75, 3.05) is 24.3 Å². The zero-order chi connectivity index (χ0) is 14.5. The maximum Gasteiger partial charge on any atom is 0.167 e. The quantitative estimate of drug-likeness (QED) is 0.821. The van der Waals surface area contributed by atoms with E-state index in [0.717, 1.165) is 18.7 Å². The summed E-state index contributed by atoms with van der Waals surface area (Å²) in [7, 11) is 1.94. The lowest BCUT2D eigenvalue weighted by Gasteiger charge is -2.21. The molecule has 5 heteroatoms. The summed E-state index contributed by atoms with van der Waals surface area (Å²) in [5.41, 5.74) is 7.12. The second-order valence-corrected chi connectivity index (χ2v) is 5.66. The van der Waals surface area contributed by atoms with Crippen molar-refractivity contribution in [1.82, 2.24) is 0 Å². The Balaban J connectivity index is 2.21. The molecule has 0 aliphatic heterocycles. The SMILES string of the molecule is CCCOc1cc(N(C)Cc2cccs2)c(N)cc1F. The van der Waals surface area contributed by atoms with Crippen LogP contribution in [0.1, 0.15) is 18.2 Å². The van der Waals surface area contributed by atoms with Gasteiger partial charge in [0.1, 0.15) is 0 Å². The first-order valence-corrected chi connectivity index (χ1v) is 7.45. The minimum atomic E-state index is -0.413. The van der Waals surface area contributed by atoms with Crippen molar-refractivity contribution >= 4 is 22.7 Å². The summed E-state index contributed by atoms with van der Waals surface area (Å²) in [6.45, 7) is 3.22. The molecular weight excluding hydrogens is 275 g/mol. The Labute approximate surface area is 122 Å². The number of ether oxygens (including phenoxy) is 1. The number of halogens is 1. The van der Waals surface area contributed by atoms with Crippen LogP contribution in [0.25, 0.3) is 0 Å². The molecule has 0 spiro atoms. The second kappa shape index (κ2) is 6.61. The van der Waals surface area contributed by atoms with Gasteiger partial charge in [-0.05, 0) is 17.9 Å². The highest BCUT2D eigenvalue weighted by molar-refractivity contribution is 7.09. The van der Waals surface area contributed by atoms with Crippen LogP contribution in [-0.4, -0.2) is 13.7 Å². The number of nitrogen functional groups attached to an aromatic ring is 1. The lowest BCUT2D eigenvalue weighted by molar-refractivity contribution is 0.301. The predicted octanol–water partition coefficient (Wildman–Crippen LogP) is 3.89. The molecule has 0 unspecified atom stereocenters. The van der Waals surface area contributed by atoms with E-state index in [-0.39, 0.29) is 5.75 Å². The third kappa shape index (κ3) is 3.42. The monoisotopic (exact) mass is 294 g/mol. The highest BCUT2D eigenvalue weighted by Crippen LogP contribution is 2.31. The third-order valence-corrected chi connectivity index (χ3v) is 3.79. The van der Waals surface area contributed by atoms with E-state index < -0.39 is 5.82 Å². The zero-order valence-corrected chi connectivity index (χ0v) is 12.5. The van der Waals surface area contributed by atoms with Gasteiger partial charge in [0.15, 0.2) is 11.6 Å². The van der Waals surface area contributed by atoms with Crippen LogP contribution in [0.4, 0.5) is 15.8 Å². The zero-order valence-electron chi connectivity index (χ0n) is 11.7. The summed E-state index contributed by atoms with van der Waals surface area (Å²) in [6, 6.07) is 7.08. The molecule has 1 aromatic heterocycles. The summed E-state index contributed by atoms with van der Waals surface area (Å²) in [5.74, 6) is -0.154. The molecule has 0 aliphatic rings. The fourth-order valence-corrected chi connectivity index (χ4v) is 2.69. The van der Waals surface area contributed by atoms with Crippen LogP contribution in [0.15, 0.2) is 29.6 Å². The van der Waals surface area contributed by atoms with Crippen molar-refractivity contribution in [3.8, 4) is 5.75 Å². The van der Waals surface area contributed by atoms with Gasteiger partial charge in [-0.3, -0.25) is 0 Å². The topological polar surface area (TPSA) is 38.5 Å². The molecule has 3 nitrogen and oxygen atoms in total. The van der Waals surface area contributed by atoms with Crippen molar-refractivity contribution in [1.29, 1.82) is 0 Å². The maximum atomic E-state index is 13.8. The number of nitrogens with two attached hydrogens (primary N) is 1. The molecule has 20 heavy (non-hydrogen) atoms. The normalized spacial score (nSPS) is 10.6. The molecule has 0 amide bonds. The first-order chi connectivity index (χ1) is 9.61. The Hall–Kier alpha value is -1.75. The van der Waals surface area contributed by atoms with Crippen molar-refractivity contribution in [2.24, 2.45) is 0 Å². The molecule has 1 aromatic carbocycles. The lowest BCUT2D eigenvalue weighted by Crippen LogP contribution is -2.17. The summed E-state index contributed by atoms with van der Waals surface area (Å²) in [6.07, 6.45) is 0.837. The Bertz CT molecular complexity index is 557. The van der Waals surface area contributed by atoms with Gasteiger partial charge in [0.05, 0.1) is 24.5 Å². The van der Waals surface area contributed by atoms with E-state index in [1.165, 1.54) is 10.9 Å². The predicted molar refractivity (Wildman–Crippen MR) is 83.0 cm³/mol. The van der Waals surface area contributed by atoms with Gasteiger partial charge < -0.3 is 15.4 Å². The number of hydrogen-bond acceptors (Lipinski definition) is 4. The fourth-order valence-electron chi connectivity index (χ4n) is 1.93. The van der Waals surface area contributed by atoms with Gasteiger partial charge in [0.25, 0.3) is 0 Å². The largest absolute Gasteiger partial charge is 0.490 e.